The van der Waals surface area contributed by atoms with Crippen molar-refractivity contribution in [3.63, 3.8) is 0 Å². The number of amides is 1. The highest BCUT2D eigenvalue weighted by atomic mass is 35.5. The molecular formula is C22H20Cl2N5O3-. The summed E-state index contributed by atoms with van der Waals surface area (Å²) < 4.78 is 1.74. The summed E-state index contributed by atoms with van der Waals surface area (Å²) >= 11 is 12.1. The number of fused-ring (bicyclic) bond motifs is 1. The van der Waals surface area contributed by atoms with Crippen LogP contribution in [-0.4, -0.2) is 26.6 Å². The van der Waals surface area contributed by atoms with Crippen LogP contribution in [0.15, 0.2) is 48.5 Å². The molecule has 0 aliphatic carbocycles. The van der Waals surface area contributed by atoms with Crippen LogP contribution in [0.25, 0.3) is 0 Å². The van der Waals surface area contributed by atoms with Crippen molar-refractivity contribution in [1.82, 2.24) is 14.8 Å². The fraction of sp³-hybridized carbons (Fsp3) is 0.273. The minimum Gasteiger partial charge on any atom is -0.550 e. The van der Waals surface area contributed by atoms with Crippen LogP contribution in [0, 0.1) is 0 Å². The minimum absolute atomic E-state index is 0.0410. The molecule has 0 bridgehead atoms. The molecule has 2 aromatic carbocycles. The second-order valence-corrected chi connectivity index (χ2v) is 8.40. The van der Waals surface area contributed by atoms with E-state index in [4.69, 9.17) is 23.2 Å². The van der Waals surface area contributed by atoms with Gasteiger partial charge in [0.15, 0.2) is 0 Å². The van der Waals surface area contributed by atoms with Gasteiger partial charge in [0.05, 0.1) is 12.1 Å². The molecule has 0 unspecified atom stereocenters. The number of hydrogen-bond donors (Lipinski definition) is 2. The van der Waals surface area contributed by atoms with Crippen LogP contribution in [0.4, 0.5) is 11.9 Å². The standard InChI is InChI=1S/C22H21Cl2N5O3/c23-15-8-4-13(5-9-15)17-12-18(14-6-10-16(24)11-7-14)29-22(25-17)27-21(28-29)26-19(30)2-1-3-20(31)32/h4-11,17-18H,1-3,12H2,(H,31,32)(H2,25,26,27,28,30)/p-1/t17-,18-/m1/s1. The first-order chi connectivity index (χ1) is 15.4. The van der Waals surface area contributed by atoms with E-state index < -0.39 is 5.97 Å². The molecule has 1 amide bonds. The van der Waals surface area contributed by atoms with Crippen molar-refractivity contribution in [2.75, 3.05) is 10.6 Å². The molecule has 2 heterocycles. The summed E-state index contributed by atoms with van der Waals surface area (Å²) in [6, 6.07) is 15.0. The smallest absolute Gasteiger partial charge is 0.250 e. The molecule has 1 aliphatic heterocycles. The van der Waals surface area contributed by atoms with Crippen molar-refractivity contribution >= 4 is 47.0 Å². The maximum Gasteiger partial charge on any atom is 0.250 e. The second kappa shape index (κ2) is 9.58. The van der Waals surface area contributed by atoms with Crippen molar-refractivity contribution in [1.29, 1.82) is 0 Å². The number of carbonyl (C=O) groups excluding carboxylic acids is 2. The zero-order valence-electron chi connectivity index (χ0n) is 16.9. The highest BCUT2D eigenvalue weighted by molar-refractivity contribution is 6.30. The number of hydrogen-bond acceptors (Lipinski definition) is 6. The van der Waals surface area contributed by atoms with Crippen LogP contribution in [0.3, 0.4) is 0 Å². The first-order valence-corrected chi connectivity index (χ1v) is 10.9. The molecule has 166 valence electrons. The molecule has 0 spiro atoms. The number of benzene rings is 2. The van der Waals surface area contributed by atoms with Gasteiger partial charge in [0.25, 0.3) is 5.95 Å². The van der Waals surface area contributed by atoms with E-state index in [-0.39, 0.29) is 43.2 Å². The minimum atomic E-state index is -1.18. The predicted molar refractivity (Wildman–Crippen MR) is 120 cm³/mol. The number of aromatic nitrogens is 3. The molecule has 0 fully saturated rings. The largest absolute Gasteiger partial charge is 0.550 e. The van der Waals surface area contributed by atoms with Gasteiger partial charge in [0.2, 0.25) is 11.9 Å². The molecule has 2 atom stereocenters. The highest BCUT2D eigenvalue weighted by Gasteiger charge is 2.31. The number of carboxylic acids is 1. The first kappa shape index (κ1) is 22.1. The van der Waals surface area contributed by atoms with E-state index >= 15 is 0 Å². The van der Waals surface area contributed by atoms with E-state index in [0.29, 0.717) is 22.4 Å². The molecule has 8 nitrogen and oxygen atoms in total. The number of carbonyl (C=O) groups is 2. The molecule has 32 heavy (non-hydrogen) atoms. The first-order valence-electron chi connectivity index (χ1n) is 10.1. The van der Waals surface area contributed by atoms with Gasteiger partial charge >= 0.3 is 0 Å². The molecule has 10 heteroatoms. The van der Waals surface area contributed by atoms with Crippen LogP contribution < -0.4 is 15.7 Å². The van der Waals surface area contributed by atoms with Gasteiger partial charge in [-0.1, -0.05) is 47.5 Å². The fourth-order valence-corrected chi connectivity index (χ4v) is 3.94. The van der Waals surface area contributed by atoms with E-state index in [1.807, 2.05) is 48.5 Å². The Balaban J connectivity index is 1.59. The van der Waals surface area contributed by atoms with Crippen LogP contribution in [0.1, 0.15) is 48.9 Å². The Bertz CT molecular complexity index is 1120. The van der Waals surface area contributed by atoms with E-state index in [9.17, 15) is 14.7 Å². The Kier molecular flexibility index (Phi) is 6.62. The highest BCUT2D eigenvalue weighted by Crippen LogP contribution is 2.38. The van der Waals surface area contributed by atoms with E-state index in [1.54, 1.807) is 4.68 Å². The number of halogens is 2. The van der Waals surface area contributed by atoms with Gasteiger partial charge in [0.1, 0.15) is 0 Å². The van der Waals surface area contributed by atoms with Crippen LogP contribution in [0.2, 0.25) is 10.0 Å². The molecule has 0 radical (unpaired) electrons. The van der Waals surface area contributed by atoms with Gasteiger partial charge in [-0.2, -0.15) is 4.98 Å². The normalized spacial score (nSPS) is 17.3. The summed E-state index contributed by atoms with van der Waals surface area (Å²) in [5.74, 6) is -0.869. The van der Waals surface area contributed by atoms with Gasteiger partial charge in [0, 0.05) is 22.4 Å². The summed E-state index contributed by atoms with van der Waals surface area (Å²) in [7, 11) is 0. The second-order valence-electron chi connectivity index (χ2n) is 7.53. The van der Waals surface area contributed by atoms with Gasteiger partial charge in [-0.3, -0.25) is 10.1 Å². The van der Waals surface area contributed by atoms with E-state index in [1.165, 1.54) is 0 Å². The molecular weight excluding hydrogens is 453 g/mol. The van der Waals surface area contributed by atoms with Crippen LogP contribution >= 0.6 is 23.2 Å². The number of rotatable bonds is 7. The lowest BCUT2D eigenvalue weighted by atomic mass is 9.93. The third-order valence-electron chi connectivity index (χ3n) is 5.25. The Hall–Kier alpha value is -3.10. The van der Waals surface area contributed by atoms with Crippen LogP contribution in [0.5, 0.6) is 0 Å². The lowest BCUT2D eigenvalue weighted by molar-refractivity contribution is -0.305. The average Bonchev–Trinajstić information content (AvgIpc) is 3.16. The van der Waals surface area contributed by atoms with Crippen LogP contribution in [-0.2, 0) is 9.59 Å². The Morgan fingerprint density at radius 1 is 1.03 bits per heavy atom. The monoisotopic (exact) mass is 472 g/mol. The van der Waals surface area contributed by atoms with E-state index in [0.717, 1.165) is 11.1 Å². The Labute approximate surface area is 194 Å². The third kappa shape index (κ3) is 5.20. The predicted octanol–water partition coefficient (Wildman–Crippen LogP) is 3.59. The summed E-state index contributed by atoms with van der Waals surface area (Å²) in [4.78, 5) is 27.1. The topological polar surface area (TPSA) is 112 Å². The van der Waals surface area contributed by atoms with Gasteiger partial charge in [-0.15, -0.1) is 5.10 Å². The summed E-state index contributed by atoms with van der Waals surface area (Å²) in [5, 5.41) is 22.3. The zero-order chi connectivity index (χ0) is 22.7. The molecule has 0 saturated heterocycles. The number of carboxylic acid groups (broad SMARTS) is 1. The van der Waals surface area contributed by atoms with Crippen molar-refractivity contribution < 1.29 is 14.7 Å². The molecule has 1 aliphatic rings. The van der Waals surface area contributed by atoms with Gasteiger partial charge in [-0.05, 0) is 54.7 Å². The third-order valence-corrected chi connectivity index (χ3v) is 5.76. The maximum atomic E-state index is 12.2. The zero-order valence-corrected chi connectivity index (χ0v) is 18.4. The molecule has 2 N–H and O–H groups in total. The quantitative estimate of drug-likeness (QED) is 0.543. The summed E-state index contributed by atoms with van der Waals surface area (Å²) in [6.07, 6.45) is 0.743. The molecule has 1 aromatic heterocycles. The van der Waals surface area contributed by atoms with Gasteiger partial charge < -0.3 is 15.2 Å². The van der Waals surface area contributed by atoms with Crippen molar-refractivity contribution in [3.8, 4) is 0 Å². The van der Waals surface area contributed by atoms with Gasteiger partial charge in [-0.25, -0.2) is 4.68 Å². The summed E-state index contributed by atoms with van der Waals surface area (Å²) in [5.41, 5.74) is 2.06. The Morgan fingerprint density at radius 2 is 1.66 bits per heavy atom. The average molecular weight is 473 g/mol. The molecule has 3 aromatic rings. The lowest BCUT2D eigenvalue weighted by Crippen LogP contribution is -2.28. The number of anilines is 2. The van der Waals surface area contributed by atoms with Crippen molar-refractivity contribution in [3.05, 3.63) is 69.7 Å². The Morgan fingerprint density at radius 3 is 2.28 bits per heavy atom. The molecule has 0 saturated carbocycles. The van der Waals surface area contributed by atoms with Crippen molar-refractivity contribution in [2.24, 2.45) is 0 Å². The molecule has 4 rings (SSSR count). The fourth-order valence-electron chi connectivity index (χ4n) is 3.69. The number of nitrogens with zero attached hydrogens (tertiary/aromatic N) is 3. The summed E-state index contributed by atoms with van der Waals surface area (Å²) in [6.45, 7) is 0. The lowest BCUT2D eigenvalue weighted by Gasteiger charge is -2.31. The number of nitrogens with one attached hydrogen (secondary N) is 2. The maximum absolute atomic E-state index is 12.2. The number of aliphatic carboxylic acids is 1. The SMILES string of the molecule is O=C([O-])CCCC(=O)Nc1nc2n(n1)[C@@H](c1ccc(Cl)cc1)C[C@H](c1ccc(Cl)cc1)N2. The van der Waals surface area contributed by atoms with E-state index in [2.05, 4.69) is 20.7 Å². The van der Waals surface area contributed by atoms with Crippen molar-refractivity contribution in [2.45, 2.75) is 37.8 Å².